The van der Waals surface area contributed by atoms with E-state index in [0.717, 1.165) is 16.7 Å². The number of nitrogens with one attached hydrogen (secondary N) is 1. The van der Waals surface area contributed by atoms with E-state index in [0.29, 0.717) is 22.9 Å². The number of pyridine rings is 2. The first-order chi connectivity index (χ1) is 15.7. The summed E-state index contributed by atoms with van der Waals surface area (Å²) in [6.07, 6.45) is 3.46. The van der Waals surface area contributed by atoms with Crippen molar-refractivity contribution in [3.63, 3.8) is 0 Å². The topological polar surface area (TPSA) is 72.2 Å². The Hall–Kier alpha value is -4.39. The molecule has 5 rings (SSSR count). The Morgan fingerprint density at radius 1 is 0.875 bits per heavy atom. The van der Waals surface area contributed by atoms with Crippen LogP contribution in [0, 0.1) is 5.82 Å². The fourth-order valence-electron chi connectivity index (χ4n) is 3.51. The van der Waals surface area contributed by atoms with Gasteiger partial charge >= 0.3 is 0 Å². The van der Waals surface area contributed by atoms with Crippen LogP contribution < -0.4 is 5.32 Å². The standard InChI is InChI=1S/C25H18FN5O/c26-21-8-4-5-17(13-21)14-24(32)28-22-15-20(18-9-11-27-12-10-18)16-23-29-25(30-31(22)23)19-6-2-1-3-7-19/h1-13,15-16H,14H2,(H,28,32). The van der Waals surface area contributed by atoms with E-state index >= 15 is 0 Å². The number of benzene rings is 2. The summed E-state index contributed by atoms with van der Waals surface area (Å²) in [4.78, 5) is 21.5. The smallest absolute Gasteiger partial charge is 0.229 e. The Bertz CT molecular complexity index is 1400. The summed E-state index contributed by atoms with van der Waals surface area (Å²) < 4.78 is 15.1. The van der Waals surface area contributed by atoms with Crippen LogP contribution in [0.3, 0.4) is 0 Å². The van der Waals surface area contributed by atoms with Crippen molar-refractivity contribution >= 4 is 17.4 Å². The SMILES string of the molecule is O=C(Cc1cccc(F)c1)Nc1cc(-c2ccncc2)cc2nc(-c3ccccc3)nn12. The number of rotatable bonds is 5. The quantitative estimate of drug-likeness (QED) is 0.442. The van der Waals surface area contributed by atoms with Crippen molar-refractivity contribution in [2.75, 3.05) is 5.32 Å². The molecule has 6 nitrogen and oxygen atoms in total. The van der Waals surface area contributed by atoms with Crippen molar-refractivity contribution in [1.29, 1.82) is 0 Å². The van der Waals surface area contributed by atoms with Gasteiger partial charge in [-0.1, -0.05) is 42.5 Å². The first-order valence-corrected chi connectivity index (χ1v) is 10.1. The van der Waals surface area contributed by atoms with Crippen molar-refractivity contribution in [3.8, 4) is 22.5 Å². The number of hydrogen-bond donors (Lipinski definition) is 1. The number of carbonyl (C=O) groups excluding carboxylic acids is 1. The van der Waals surface area contributed by atoms with Crippen LogP contribution in [0.25, 0.3) is 28.2 Å². The highest BCUT2D eigenvalue weighted by Gasteiger charge is 2.14. The molecule has 7 heteroatoms. The third-order valence-corrected chi connectivity index (χ3v) is 5.00. The zero-order valence-corrected chi connectivity index (χ0v) is 16.9. The zero-order valence-electron chi connectivity index (χ0n) is 16.9. The number of anilines is 1. The molecule has 1 amide bonds. The van der Waals surface area contributed by atoms with Crippen LogP contribution in [0.4, 0.5) is 10.2 Å². The Morgan fingerprint density at radius 2 is 1.69 bits per heavy atom. The minimum absolute atomic E-state index is 0.0407. The van der Waals surface area contributed by atoms with E-state index in [2.05, 4.69) is 20.4 Å². The fourth-order valence-corrected chi connectivity index (χ4v) is 3.51. The average Bonchev–Trinajstić information content (AvgIpc) is 3.25. The molecule has 0 saturated carbocycles. The Balaban J connectivity index is 1.55. The second-order valence-electron chi connectivity index (χ2n) is 7.29. The summed E-state index contributed by atoms with van der Waals surface area (Å²) in [5.41, 5.74) is 3.87. The Kier molecular flexibility index (Phi) is 5.13. The number of nitrogens with zero attached hydrogens (tertiary/aromatic N) is 4. The largest absolute Gasteiger partial charge is 0.310 e. The van der Waals surface area contributed by atoms with E-state index in [4.69, 9.17) is 0 Å². The normalized spacial score (nSPS) is 10.9. The number of halogens is 1. The summed E-state index contributed by atoms with van der Waals surface area (Å²) in [5.74, 6) is 0.380. The van der Waals surface area contributed by atoms with Crippen LogP contribution in [0.2, 0.25) is 0 Å². The van der Waals surface area contributed by atoms with Crippen molar-refractivity contribution in [3.05, 3.63) is 103 Å². The minimum atomic E-state index is -0.374. The molecule has 32 heavy (non-hydrogen) atoms. The van der Waals surface area contributed by atoms with Gasteiger partial charge < -0.3 is 5.32 Å². The maximum absolute atomic E-state index is 13.5. The monoisotopic (exact) mass is 423 g/mol. The lowest BCUT2D eigenvalue weighted by Gasteiger charge is -2.10. The van der Waals surface area contributed by atoms with E-state index < -0.39 is 0 Å². The molecule has 156 valence electrons. The van der Waals surface area contributed by atoms with E-state index in [1.54, 1.807) is 29.0 Å². The van der Waals surface area contributed by atoms with Gasteiger partial charge in [0, 0.05) is 18.0 Å². The Morgan fingerprint density at radius 3 is 2.47 bits per heavy atom. The number of aromatic nitrogens is 4. The van der Waals surface area contributed by atoms with Crippen LogP contribution in [0.5, 0.6) is 0 Å². The molecular formula is C25H18FN5O. The third kappa shape index (κ3) is 4.09. The number of carbonyl (C=O) groups is 1. The molecule has 0 unspecified atom stereocenters. The van der Waals surface area contributed by atoms with E-state index in [1.807, 2.05) is 54.6 Å². The fraction of sp³-hybridized carbons (Fsp3) is 0.0400. The highest BCUT2D eigenvalue weighted by atomic mass is 19.1. The average molecular weight is 423 g/mol. The van der Waals surface area contributed by atoms with Gasteiger partial charge in [0.2, 0.25) is 5.91 Å². The van der Waals surface area contributed by atoms with Crippen LogP contribution in [0.15, 0.2) is 91.3 Å². The van der Waals surface area contributed by atoms with E-state index in [-0.39, 0.29) is 18.1 Å². The van der Waals surface area contributed by atoms with Gasteiger partial charge in [-0.05, 0) is 53.1 Å². The molecule has 0 fully saturated rings. The Labute approximate surface area is 183 Å². The molecule has 0 aliphatic rings. The predicted molar refractivity (Wildman–Crippen MR) is 120 cm³/mol. The van der Waals surface area contributed by atoms with Crippen molar-refractivity contribution < 1.29 is 9.18 Å². The molecule has 1 N–H and O–H groups in total. The summed E-state index contributed by atoms with van der Waals surface area (Å²) in [6, 6.07) is 23.2. The molecule has 0 radical (unpaired) electrons. The van der Waals surface area contributed by atoms with Crippen molar-refractivity contribution in [2.24, 2.45) is 0 Å². The zero-order chi connectivity index (χ0) is 21.9. The predicted octanol–water partition coefficient (Wildman–Crippen LogP) is 4.78. The molecule has 5 aromatic rings. The molecular weight excluding hydrogens is 405 g/mol. The number of amides is 1. The van der Waals surface area contributed by atoms with E-state index in [9.17, 15) is 9.18 Å². The van der Waals surface area contributed by atoms with E-state index in [1.165, 1.54) is 12.1 Å². The number of fused-ring (bicyclic) bond motifs is 1. The van der Waals surface area contributed by atoms with Gasteiger partial charge in [-0.25, -0.2) is 9.37 Å². The molecule has 0 atom stereocenters. The van der Waals surface area contributed by atoms with Crippen LogP contribution in [0.1, 0.15) is 5.56 Å². The molecule has 0 bridgehead atoms. The van der Waals surface area contributed by atoms with Gasteiger partial charge in [0.15, 0.2) is 11.5 Å². The van der Waals surface area contributed by atoms with Gasteiger partial charge in [0.25, 0.3) is 0 Å². The third-order valence-electron chi connectivity index (χ3n) is 5.00. The van der Waals surface area contributed by atoms with Gasteiger partial charge in [0.1, 0.15) is 11.6 Å². The van der Waals surface area contributed by atoms with Gasteiger partial charge in [0.05, 0.1) is 6.42 Å². The second kappa shape index (κ2) is 8.39. The van der Waals surface area contributed by atoms with Crippen molar-refractivity contribution in [1.82, 2.24) is 19.6 Å². The maximum Gasteiger partial charge on any atom is 0.229 e. The van der Waals surface area contributed by atoms with Crippen LogP contribution in [-0.2, 0) is 11.2 Å². The molecule has 0 aliphatic carbocycles. The maximum atomic E-state index is 13.5. The highest BCUT2D eigenvalue weighted by molar-refractivity contribution is 5.92. The highest BCUT2D eigenvalue weighted by Crippen LogP contribution is 2.26. The molecule has 0 aliphatic heterocycles. The minimum Gasteiger partial charge on any atom is -0.310 e. The molecule has 0 saturated heterocycles. The molecule has 0 spiro atoms. The molecule has 2 aromatic carbocycles. The lowest BCUT2D eigenvalue weighted by molar-refractivity contribution is -0.115. The van der Waals surface area contributed by atoms with Gasteiger partial charge in [-0.15, -0.1) is 5.10 Å². The number of hydrogen-bond acceptors (Lipinski definition) is 4. The summed E-state index contributed by atoms with van der Waals surface area (Å²) in [5, 5.41) is 7.52. The first-order valence-electron chi connectivity index (χ1n) is 10.1. The molecule has 3 aromatic heterocycles. The first kappa shape index (κ1) is 19.6. The summed E-state index contributed by atoms with van der Waals surface area (Å²) in [6.45, 7) is 0. The van der Waals surface area contributed by atoms with Gasteiger partial charge in [-0.3, -0.25) is 9.78 Å². The lowest BCUT2D eigenvalue weighted by atomic mass is 10.1. The summed E-state index contributed by atoms with van der Waals surface area (Å²) >= 11 is 0. The second-order valence-corrected chi connectivity index (χ2v) is 7.29. The lowest BCUT2D eigenvalue weighted by Crippen LogP contribution is -2.17. The van der Waals surface area contributed by atoms with Crippen molar-refractivity contribution in [2.45, 2.75) is 6.42 Å². The van der Waals surface area contributed by atoms with Crippen LogP contribution >= 0.6 is 0 Å². The van der Waals surface area contributed by atoms with Gasteiger partial charge in [-0.2, -0.15) is 4.52 Å². The summed E-state index contributed by atoms with van der Waals surface area (Å²) in [7, 11) is 0. The van der Waals surface area contributed by atoms with Crippen LogP contribution in [-0.4, -0.2) is 25.5 Å². The molecule has 3 heterocycles.